The van der Waals surface area contributed by atoms with Crippen molar-refractivity contribution in [1.82, 2.24) is 20.4 Å². The molecule has 0 saturated carbocycles. The zero-order chi connectivity index (χ0) is 17.1. The fourth-order valence-electron chi connectivity index (χ4n) is 2.71. The zero-order valence-corrected chi connectivity index (χ0v) is 17.8. The molecule has 7 heteroatoms. The van der Waals surface area contributed by atoms with Crippen LogP contribution in [0.15, 0.2) is 17.4 Å². The van der Waals surface area contributed by atoms with Gasteiger partial charge < -0.3 is 15.7 Å². The number of halogens is 1. The van der Waals surface area contributed by atoms with Crippen LogP contribution in [0.5, 0.6) is 0 Å². The fraction of sp³-hybridized carbons (Fsp3) is 0.765. The molecule has 1 aromatic rings. The molecule has 0 spiro atoms. The maximum absolute atomic E-state index is 10.7. The highest BCUT2D eigenvalue weighted by molar-refractivity contribution is 14.0. The van der Waals surface area contributed by atoms with E-state index in [9.17, 15) is 5.11 Å². The molecule has 1 rings (SSSR count). The summed E-state index contributed by atoms with van der Waals surface area (Å²) in [6.07, 6.45) is 8.32. The number of aliphatic imine (C=N–C) groups is 1. The van der Waals surface area contributed by atoms with Crippen molar-refractivity contribution in [3.63, 3.8) is 0 Å². The molecule has 0 saturated heterocycles. The molecule has 0 aromatic carbocycles. The molecule has 0 fully saturated rings. The van der Waals surface area contributed by atoms with Gasteiger partial charge in [-0.05, 0) is 31.7 Å². The third-order valence-corrected chi connectivity index (χ3v) is 3.77. The number of rotatable bonds is 10. The number of nitrogens with one attached hydrogen (secondary N) is 2. The Bertz CT molecular complexity index is 469. The minimum Gasteiger partial charge on any atom is -0.388 e. The van der Waals surface area contributed by atoms with Crippen molar-refractivity contribution in [2.75, 3.05) is 19.6 Å². The third-order valence-electron chi connectivity index (χ3n) is 3.77. The van der Waals surface area contributed by atoms with Crippen LogP contribution in [0.2, 0.25) is 0 Å². The van der Waals surface area contributed by atoms with Gasteiger partial charge in [0.1, 0.15) is 0 Å². The molecule has 1 aromatic heterocycles. The molecule has 0 amide bonds. The van der Waals surface area contributed by atoms with E-state index < -0.39 is 5.60 Å². The van der Waals surface area contributed by atoms with Crippen LogP contribution in [0.4, 0.5) is 0 Å². The first-order valence-corrected chi connectivity index (χ1v) is 8.75. The van der Waals surface area contributed by atoms with E-state index in [-0.39, 0.29) is 24.0 Å². The molecule has 1 heterocycles. The SMILES string of the molecule is CCCC(O)(CCC)CN=C(NCC)NCCc1cnn(C)c1.I. The highest BCUT2D eigenvalue weighted by atomic mass is 127. The van der Waals surface area contributed by atoms with Gasteiger partial charge in [-0.1, -0.05) is 26.7 Å². The molecule has 6 nitrogen and oxygen atoms in total. The van der Waals surface area contributed by atoms with E-state index in [1.807, 2.05) is 31.0 Å². The Morgan fingerprint density at radius 3 is 2.42 bits per heavy atom. The Kier molecular flexibility index (Phi) is 12.1. The number of hydrogen-bond acceptors (Lipinski definition) is 3. The van der Waals surface area contributed by atoms with E-state index in [0.29, 0.717) is 6.54 Å². The lowest BCUT2D eigenvalue weighted by molar-refractivity contribution is 0.0306. The lowest BCUT2D eigenvalue weighted by atomic mass is 9.93. The summed E-state index contributed by atoms with van der Waals surface area (Å²) >= 11 is 0. The molecular weight excluding hydrogens is 417 g/mol. The van der Waals surface area contributed by atoms with Crippen LogP contribution < -0.4 is 10.6 Å². The molecule has 0 unspecified atom stereocenters. The van der Waals surface area contributed by atoms with Gasteiger partial charge in [-0.25, -0.2) is 0 Å². The summed E-state index contributed by atoms with van der Waals surface area (Å²) in [7, 11) is 1.92. The Balaban J connectivity index is 0.00000529. The van der Waals surface area contributed by atoms with Gasteiger partial charge in [0.25, 0.3) is 0 Å². The summed E-state index contributed by atoms with van der Waals surface area (Å²) in [5, 5.41) is 21.4. The summed E-state index contributed by atoms with van der Waals surface area (Å²) < 4.78 is 1.81. The Morgan fingerprint density at radius 1 is 1.25 bits per heavy atom. The molecular formula is C17H34IN5O. The number of nitrogens with zero attached hydrogens (tertiary/aromatic N) is 3. The molecule has 0 bridgehead atoms. The molecule has 0 radical (unpaired) electrons. The molecule has 3 N–H and O–H groups in total. The smallest absolute Gasteiger partial charge is 0.191 e. The summed E-state index contributed by atoms with van der Waals surface area (Å²) in [5.41, 5.74) is 0.513. The molecule has 0 aliphatic rings. The molecule has 0 aliphatic heterocycles. The van der Waals surface area contributed by atoms with E-state index in [4.69, 9.17) is 0 Å². The Morgan fingerprint density at radius 2 is 1.92 bits per heavy atom. The van der Waals surface area contributed by atoms with Gasteiger partial charge in [-0.2, -0.15) is 5.10 Å². The van der Waals surface area contributed by atoms with E-state index in [1.54, 1.807) is 0 Å². The molecule has 24 heavy (non-hydrogen) atoms. The monoisotopic (exact) mass is 451 g/mol. The van der Waals surface area contributed by atoms with Crippen molar-refractivity contribution in [2.45, 2.75) is 58.5 Å². The summed E-state index contributed by atoms with van der Waals surface area (Å²) in [5.74, 6) is 0.766. The van der Waals surface area contributed by atoms with Crippen LogP contribution >= 0.6 is 24.0 Å². The first kappa shape index (κ1) is 23.2. The summed E-state index contributed by atoms with van der Waals surface area (Å²) in [6, 6.07) is 0. The number of aliphatic hydroxyl groups is 1. The first-order valence-electron chi connectivity index (χ1n) is 8.75. The van der Waals surface area contributed by atoms with Crippen molar-refractivity contribution in [1.29, 1.82) is 0 Å². The number of aromatic nitrogens is 2. The van der Waals surface area contributed by atoms with Gasteiger partial charge in [-0.15, -0.1) is 24.0 Å². The Labute approximate surface area is 163 Å². The van der Waals surface area contributed by atoms with Crippen molar-refractivity contribution in [2.24, 2.45) is 12.0 Å². The van der Waals surface area contributed by atoms with Crippen LogP contribution in [0.25, 0.3) is 0 Å². The third kappa shape index (κ3) is 8.86. The fourth-order valence-corrected chi connectivity index (χ4v) is 2.71. The molecule has 0 aliphatic carbocycles. The van der Waals surface area contributed by atoms with Crippen molar-refractivity contribution in [3.05, 3.63) is 18.0 Å². The average Bonchev–Trinajstić information content (AvgIpc) is 2.91. The van der Waals surface area contributed by atoms with Gasteiger partial charge in [-0.3, -0.25) is 9.67 Å². The van der Waals surface area contributed by atoms with Crippen LogP contribution in [-0.2, 0) is 13.5 Å². The second-order valence-corrected chi connectivity index (χ2v) is 6.12. The maximum atomic E-state index is 10.7. The number of hydrogen-bond donors (Lipinski definition) is 3. The molecule has 140 valence electrons. The highest BCUT2D eigenvalue weighted by Crippen LogP contribution is 2.19. The number of guanidine groups is 1. The van der Waals surface area contributed by atoms with Gasteiger partial charge in [0.05, 0.1) is 18.3 Å². The topological polar surface area (TPSA) is 74.5 Å². The van der Waals surface area contributed by atoms with Gasteiger partial charge in [0.15, 0.2) is 5.96 Å². The predicted molar refractivity (Wildman–Crippen MR) is 111 cm³/mol. The summed E-state index contributed by atoms with van der Waals surface area (Å²) in [4.78, 5) is 4.58. The van der Waals surface area contributed by atoms with Gasteiger partial charge in [0, 0.05) is 26.3 Å². The predicted octanol–water partition coefficient (Wildman–Crippen LogP) is 2.47. The minimum atomic E-state index is -0.685. The van der Waals surface area contributed by atoms with Crippen molar-refractivity contribution >= 4 is 29.9 Å². The van der Waals surface area contributed by atoms with Crippen molar-refractivity contribution in [3.8, 4) is 0 Å². The lowest BCUT2D eigenvalue weighted by Gasteiger charge is -2.26. The largest absolute Gasteiger partial charge is 0.388 e. The first-order chi connectivity index (χ1) is 11.0. The Hall–Kier alpha value is -0.830. The van der Waals surface area contributed by atoms with E-state index in [1.165, 1.54) is 5.56 Å². The zero-order valence-electron chi connectivity index (χ0n) is 15.5. The van der Waals surface area contributed by atoms with Gasteiger partial charge in [0.2, 0.25) is 0 Å². The quantitative estimate of drug-likeness (QED) is 0.290. The highest BCUT2D eigenvalue weighted by Gasteiger charge is 2.24. The molecule has 0 atom stereocenters. The van der Waals surface area contributed by atoms with E-state index in [2.05, 4.69) is 34.6 Å². The van der Waals surface area contributed by atoms with Crippen LogP contribution in [-0.4, -0.2) is 46.1 Å². The minimum absolute atomic E-state index is 0. The van der Waals surface area contributed by atoms with E-state index >= 15 is 0 Å². The second kappa shape index (κ2) is 12.5. The number of aryl methyl sites for hydroxylation is 1. The average molecular weight is 451 g/mol. The summed E-state index contributed by atoms with van der Waals surface area (Å²) in [6.45, 7) is 8.28. The van der Waals surface area contributed by atoms with Gasteiger partial charge >= 0.3 is 0 Å². The van der Waals surface area contributed by atoms with E-state index in [0.717, 1.165) is 51.2 Å². The normalized spacial score (nSPS) is 12.0. The standard InChI is InChI=1S/C17H33N5O.HI/c1-5-9-17(23,10-6-2)14-20-16(18-7-3)19-11-8-15-12-21-22(4)13-15;/h12-13,23H,5-11,14H2,1-4H3,(H2,18,19,20);1H. The van der Waals surface area contributed by atoms with Crippen LogP contribution in [0.3, 0.4) is 0 Å². The van der Waals surface area contributed by atoms with Crippen LogP contribution in [0, 0.1) is 0 Å². The maximum Gasteiger partial charge on any atom is 0.191 e. The second-order valence-electron chi connectivity index (χ2n) is 6.12. The van der Waals surface area contributed by atoms with Crippen molar-refractivity contribution < 1.29 is 5.11 Å². The van der Waals surface area contributed by atoms with Crippen LogP contribution in [0.1, 0.15) is 52.0 Å². The lowest BCUT2D eigenvalue weighted by Crippen LogP contribution is -2.40.